The smallest absolute Gasteiger partial charge is 0.0619 e. The second kappa shape index (κ2) is 13.4. The van der Waals surface area contributed by atoms with E-state index < -0.39 is 0 Å². The van der Waals surface area contributed by atoms with Crippen LogP contribution in [0, 0.1) is 6.92 Å². The van der Waals surface area contributed by atoms with Gasteiger partial charge in [0, 0.05) is 60.8 Å². The summed E-state index contributed by atoms with van der Waals surface area (Å²) in [6, 6.07) is 80.4. The molecule has 0 saturated heterocycles. The monoisotopic (exact) mass is 789 g/mol. The van der Waals surface area contributed by atoms with Crippen molar-refractivity contribution in [1.82, 2.24) is 9.13 Å². The molecule has 11 aromatic carbocycles. The van der Waals surface area contributed by atoms with E-state index in [0.29, 0.717) is 0 Å². The topological polar surface area (TPSA) is 13.1 Å². The molecule has 0 radical (unpaired) electrons. The van der Waals surface area contributed by atoms with Crippen molar-refractivity contribution in [2.75, 3.05) is 4.90 Å². The van der Waals surface area contributed by atoms with Gasteiger partial charge >= 0.3 is 0 Å². The number of aryl methyl sites for hydroxylation is 1. The lowest BCUT2D eigenvalue weighted by molar-refractivity contribution is 1.17. The van der Waals surface area contributed by atoms with Crippen molar-refractivity contribution in [2.45, 2.75) is 6.92 Å². The number of anilines is 3. The fourth-order valence-corrected chi connectivity index (χ4v) is 10.3. The molecule has 2 aromatic heterocycles. The zero-order valence-electron chi connectivity index (χ0n) is 34.1. The van der Waals surface area contributed by atoms with Gasteiger partial charge in [0.05, 0.1) is 22.1 Å². The second-order valence-electron chi connectivity index (χ2n) is 16.6. The molecule has 290 valence electrons. The van der Waals surface area contributed by atoms with Crippen molar-refractivity contribution in [3.8, 4) is 11.4 Å². The van der Waals surface area contributed by atoms with Gasteiger partial charge in [-0.2, -0.15) is 0 Å². The fourth-order valence-electron chi connectivity index (χ4n) is 10.3. The van der Waals surface area contributed by atoms with Gasteiger partial charge in [0.1, 0.15) is 0 Å². The van der Waals surface area contributed by atoms with Gasteiger partial charge < -0.3 is 14.0 Å². The average Bonchev–Trinajstić information content (AvgIpc) is 3.87. The van der Waals surface area contributed by atoms with Crippen molar-refractivity contribution in [2.24, 2.45) is 0 Å². The molecule has 13 aromatic rings. The molecule has 0 spiro atoms. The lowest BCUT2D eigenvalue weighted by Crippen LogP contribution is -2.10. The molecule has 0 aliphatic heterocycles. The number of fused-ring (bicyclic) bond motifs is 14. The van der Waals surface area contributed by atoms with Crippen molar-refractivity contribution >= 4 is 104 Å². The number of aromatic nitrogens is 2. The van der Waals surface area contributed by atoms with Gasteiger partial charge in [0.25, 0.3) is 0 Å². The molecule has 13 rings (SSSR count). The van der Waals surface area contributed by atoms with Crippen LogP contribution < -0.4 is 4.90 Å². The van der Waals surface area contributed by atoms with Gasteiger partial charge in [-0.1, -0.05) is 151 Å². The zero-order valence-corrected chi connectivity index (χ0v) is 34.1. The largest absolute Gasteiger partial charge is 0.311 e. The van der Waals surface area contributed by atoms with E-state index in [2.05, 4.69) is 239 Å². The third-order valence-electron chi connectivity index (χ3n) is 13.1. The first-order chi connectivity index (χ1) is 30.7. The Morgan fingerprint density at radius 2 is 0.629 bits per heavy atom. The highest BCUT2D eigenvalue weighted by atomic mass is 15.1. The molecular weight excluding hydrogens is 751 g/mol. The molecule has 0 aliphatic carbocycles. The quantitative estimate of drug-likeness (QED) is 0.169. The van der Waals surface area contributed by atoms with E-state index in [9.17, 15) is 0 Å². The fraction of sp³-hybridized carbons (Fsp3) is 0.0169. The number of nitrogens with zero attached hydrogens (tertiary/aromatic N) is 3. The zero-order chi connectivity index (χ0) is 40.9. The number of benzene rings is 11. The molecule has 3 nitrogen and oxygen atoms in total. The van der Waals surface area contributed by atoms with Crippen LogP contribution in [-0.4, -0.2) is 9.13 Å². The molecule has 62 heavy (non-hydrogen) atoms. The maximum absolute atomic E-state index is 2.47. The summed E-state index contributed by atoms with van der Waals surface area (Å²) in [6.45, 7) is 2.15. The van der Waals surface area contributed by atoms with E-state index in [1.165, 1.54) is 92.3 Å². The Labute approximate surface area is 358 Å². The Morgan fingerprint density at radius 3 is 1.05 bits per heavy atom. The first-order valence-corrected chi connectivity index (χ1v) is 21.4. The van der Waals surface area contributed by atoms with E-state index >= 15 is 0 Å². The summed E-state index contributed by atoms with van der Waals surface area (Å²) in [7, 11) is 0. The molecule has 0 aliphatic rings. The van der Waals surface area contributed by atoms with Crippen LogP contribution >= 0.6 is 0 Å². The summed E-state index contributed by atoms with van der Waals surface area (Å²) in [5.74, 6) is 0. The minimum atomic E-state index is 1.09. The molecule has 3 heteroatoms. The van der Waals surface area contributed by atoms with Gasteiger partial charge in [-0.3, -0.25) is 0 Å². The Balaban J connectivity index is 0.980. The van der Waals surface area contributed by atoms with Crippen LogP contribution in [0.5, 0.6) is 0 Å². The summed E-state index contributed by atoms with van der Waals surface area (Å²) in [5, 5.41) is 15.1. The van der Waals surface area contributed by atoms with Crippen molar-refractivity contribution in [3.05, 3.63) is 224 Å². The van der Waals surface area contributed by atoms with Gasteiger partial charge in [0.2, 0.25) is 0 Å². The van der Waals surface area contributed by atoms with E-state index in [-0.39, 0.29) is 0 Å². The molecule has 0 amide bonds. The van der Waals surface area contributed by atoms with E-state index in [1.54, 1.807) is 0 Å². The van der Waals surface area contributed by atoms with Crippen LogP contribution in [0.3, 0.4) is 0 Å². The van der Waals surface area contributed by atoms with E-state index in [0.717, 1.165) is 28.4 Å². The van der Waals surface area contributed by atoms with Crippen molar-refractivity contribution in [1.29, 1.82) is 0 Å². The van der Waals surface area contributed by atoms with Crippen LogP contribution in [0.1, 0.15) is 5.56 Å². The highest BCUT2D eigenvalue weighted by Crippen LogP contribution is 2.43. The van der Waals surface area contributed by atoms with Crippen LogP contribution in [-0.2, 0) is 0 Å². The average molecular weight is 790 g/mol. The van der Waals surface area contributed by atoms with E-state index in [1.807, 2.05) is 0 Å². The number of rotatable bonds is 5. The van der Waals surface area contributed by atoms with Crippen LogP contribution in [0.4, 0.5) is 17.1 Å². The molecule has 0 unspecified atom stereocenters. The maximum atomic E-state index is 2.47. The SMILES string of the molecule is Cc1ccc(N(c2ccc(-n3c4ccc5ccccc5c4c4ccc5ccccc5c43)cc2)c2ccc(-n3c4ccc5ccccc5c4c4ccc5ccccc5c43)cc2)cc1. The van der Waals surface area contributed by atoms with Crippen LogP contribution in [0.25, 0.3) is 98.1 Å². The summed E-state index contributed by atoms with van der Waals surface area (Å²) in [6.07, 6.45) is 0. The standard InChI is InChI=1S/C59H39N3/c1-38-18-24-43(25-19-38)60(44-26-30-46(31-27-44)61-54-36-22-39-10-2-6-14-48(39)56(54)52-34-20-41-12-4-8-16-50(41)58(52)61)45-28-32-47(33-29-45)62-55-37-23-40-11-3-7-15-49(40)57(55)53-35-21-42-13-5-9-17-51(42)59(53)62/h2-37H,1H3. The highest BCUT2D eigenvalue weighted by Gasteiger charge is 2.21. The summed E-state index contributed by atoms with van der Waals surface area (Å²) in [5.41, 5.74) is 11.7. The lowest BCUT2D eigenvalue weighted by atomic mass is 10.0. The minimum absolute atomic E-state index is 1.09. The predicted octanol–water partition coefficient (Wildman–Crippen LogP) is 16.3. The normalized spacial score (nSPS) is 12.0. The molecule has 0 bridgehead atoms. The van der Waals surface area contributed by atoms with Crippen LogP contribution in [0.2, 0.25) is 0 Å². The first-order valence-electron chi connectivity index (χ1n) is 21.4. The van der Waals surface area contributed by atoms with Gasteiger partial charge in [-0.25, -0.2) is 0 Å². The Morgan fingerprint density at radius 1 is 0.290 bits per heavy atom. The van der Waals surface area contributed by atoms with Gasteiger partial charge in [0.15, 0.2) is 0 Å². The second-order valence-corrected chi connectivity index (χ2v) is 16.6. The molecule has 0 N–H and O–H groups in total. The Hall–Kier alpha value is -8.14. The summed E-state index contributed by atoms with van der Waals surface area (Å²) >= 11 is 0. The van der Waals surface area contributed by atoms with E-state index in [4.69, 9.17) is 0 Å². The molecule has 0 fully saturated rings. The summed E-state index contributed by atoms with van der Waals surface area (Å²) < 4.78 is 4.93. The van der Waals surface area contributed by atoms with Crippen molar-refractivity contribution < 1.29 is 0 Å². The predicted molar refractivity (Wildman–Crippen MR) is 265 cm³/mol. The van der Waals surface area contributed by atoms with Crippen LogP contribution in [0.15, 0.2) is 218 Å². The lowest BCUT2D eigenvalue weighted by Gasteiger charge is -2.26. The number of hydrogen-bond donors (Lipinski definition) is 0. The molecule has 0 atom stereocenters. The third kappa shape index (κ3) is 5.12. The van der Waals surface area contributed by atoms with Crippen molar-refractivity contribution in [3.63, 3.8) is 0 Å². The maximum Gasteiger partial charge on any atom is 0.0619 e. The van der Waals surface area contributed by atoms with Gasteiger partial charge in [-0.15, -0.1) is 0 Å². The minimum Gasteiger partial charge on any atom is -0.311 e. The highest BCUT2D eigenvalue weighted by molar-refractivity contribution is 6.27. The molecular formula is C59H39N3. The van der Waals surface area contributed by atoms with Gasteiger partial charge in [-0.05, 0) is 112 Å². The first kappa shape index (κ1) is 34.7. The summed E-state index contributed by atoms with van der Waals surface area (Å²) in [4.78, 5) is 2.37. The third-order valence-corrected chi connectivity index (χ3v) is 13.1. The Bertz CT molecular complexity index is 3670. The Kier molecular flexibility index (Phi) is 7.52. The molecule has 0 saturated carbocycles. The molecule has 2 heterocycles. The number of hydrogen-bond acceptors (Lipinski definition) is 1.